The van der Waals surface area contributed by atoms with Gasteiger partial charge in [0, 0.05) is 5.92 Å². The Morgan fingerprint density at radius 3 is 2.06 bits per heavy atom. The predicted octanol–water partition coefficient (Wildman–Crippen LogP) is 3.84. The van der Waals surface area contributed by atoms with E-state index in [4.69, 9.17) is 23.6 Å². The molecule has 0 aliphatic carbocycles. The van der Waals surface area contributed by atoms with Gasteiger partial charge in [-0.3, -0.25) is 0 Å². The van der Waals surface area contributed by atoms with Crippen LogP contribution in [0, 0.1) is 5.92 Å². The van der Waals surface area contributed by atoms with Crippen LogP contribution in [-0.2, 0) is 0 Å². The van der Waals surface area contributed by atoms with E-state index in [9.17, 15) is 4.39 Å². The first-order valence-electron chi connectivity index (χ1n) is 6.05. The lowest BCUT2D eigenvalue weighted by atomic mass is 9.84. The van der Waals surface area contributed by atoms with Gasteiger partial charge >= 0.3 is 0 Å². The largest absolute Gasteiger partial charge is 0.331 e. The highest BCUT2D eigenvalue weighted by atomic mass is 35.5. The molecule has 0 radical (unpaired) electrons. The van der Waals surface area contributed by atoms with Gasteiger partial charge in [-0.2, -0.15) is 0 Å². The summed E-state index contributed by atoms with van der Waals surface area (Å²) in [7, 11) is 6.33. The summed E-state index contributed by atoms with van der Waals surface area (Å²) >= 11 is 11.5. The highest BCUT2D eigenvalue weighted by Crippen LogP contribution is 2.33. The van der Waals surface area contributed by atoms with Crippen molar-refractivity contribution in [2.45, 2.75) is 45.3 Å². The highest BCUT2D eigenvalue weighted by Gasteiger charge is 2.36. The summed E-state index contributed by atoms with van der Waals surface area (Å²) in [5.74, 6) is -0.204. The monoisotopic (exact) mass is 287 g/mol. The quantitative estimate of drug-likeness (QED) is 0.508. The molecule has 2 nitrogen and oxygen atoms in total. The minimum absolute atomic E-state index is 0.204. The minimum Gasteiger partial charge on any atom is -0.331 e. The molecular formula is C12H26Cl2FN2+. The molecule has 0 spiro atoms. The standard InChI is InChI=1S/C12H26Cl2FN2/c1-10(12(2,3)16(13)14)11(15)8-7-9-17(4,5)6/h10-11H,7-9H2,1-6H3/q+1/t10-,11?/m0/s1. The zero-order valence-corrected chi connectivity index (χ0v) is 13.3. The predicted molar refractivity (Wildman–Crippen MR) is 73.8 cm³/mol. The number of quaternary nitrogens is 1. The van der Waals surface area contributed by atoms with Gasteiger partial charge in [0.25, 0.3) is 0 Å². The Bertz CT molecular complexity index is 227. The van der Waals surface area contributed by atoms with Gasteiger partial charge in [0.1, 0.15) is 6.17 Å². The van der Waals surface area contributed by atoms with Crippen LogP contribution >= 0.6 is 23.6 Å². The maximum Gasteiger partial charge on any atom is 0.105 e. The molecule has 5 heteroatoms. The van der Waals surface area contributed by atoms with Crippen molar-refractivity contribution in [2.75, 3.05) is 27.7 Å². The van der Waals surface area contributed by atoms with Crippen molar-refractivity contribution in [3.63, 3.8) is 0 Å². The molecular weight excluding hydrogens is 262 g/mol. The molecule has 0 aliphatic rings. The van der Waals surface area contributed by atoms with Gasteiger partial charge < -0.3 is 4.48 Å². The Hall–Kier alpha value is 0.430. The Morgan fingerprint density at radius 1 is 1.24 bits per heavy atom. The SMILES string of the molecule is C[C@@H](C(F)CCC[N+](C)(C)C)C(C)(C)N(Cl)Cl. The molecule has 0 heterocycles. The van der Waals surface area contributed by atoms with Crippen LogP contribution in [0.4, 0.5) is 4.39 Å². The fourth-order valence-electron chi connectivity index (χ4n) is 1.61. The van der Waals surface area contributed by atoms with E-state index in [2.05, 4.69) is 21.1 Å². The smallest absolute Gasteiger partial charge is 0.105 e. The van der Waals surface area contributed by atoms with E-state index in [1.165, 1.54) is 0 Å². The highest BCUT2D eigenvalue weighted by molar-refractivity contribution is 6.34. The van der Waals surface area contributed by atoms with Crippen LogP contribution in [0.2, 0.25) is 0 Å². The second-order valence-corrected chi connectivity index (χ2v) is 7.20. The summed E-state index contributed by atoms with van der Waals surface area (Å²) in [4.78, 5) is 0. The van der Waals surface area contributed by atoms with Crippen LogP contribution in [0.15, 0.2) is 0 Å². The van der Waals surface area contributed by atoms with Crippen molar-refractivity contribution in [2.24, 2.45) is 5.92 Å². The molecule has 104 valence electrons. The maximum absolute atomic E-state index is 14.1. The first kappa shape index (κ1) is 17.4. The van der Waals surface area contributed by atoms with Crippen molar-refractivity contribution in [1.82, 2.24) is 3.94 Å². The summed E-state index contributed by atoms with van der Waals surface area (Å²) in [6.45, 7) is 6.53. The number of rotatable bonds is 7. The molecule has 0 saturated heterocycles. The summed E-state index contributed by atoms with van der Waals surface area (Å²) in [6.07, 6.45) is 0.550. The maximum atomic E-state index is 14.1. The number of hydrogen-bond donors (Lipinski definition) is 0. The fourth-order valence-corrected chi connectivity index (χ4v) is 1.91. The third-order valence-corrected chi connectivity index (χ3v) is 4.27. The summed E-state index contributed by atoms with van der Waals surface area (Å²) in [5, 5.41) is 0. The molecule has 0 saturated carbocycles. The lowest BCUT2D eigenvalue weighted by Crippen LogP contribution is -2.43. The third-order valence-electron chi connectivity index (χ3n) is 3.40. The van der Waals surface area contributed by atoms with Gasteiger partial charge in [0.15, 0.2) is 0 Å². The second kappa shape index (κ2) is 6.55. The minimum atomic E-state index is -0.878. The molecule has 17 heavy (non-hydrogen) atoms. The van der Waals surface area contributed by atoms with Gasteiger partial charge in [0.05, 0.1) is 33.2 Å². The van der Waals surface area contributed by atoms with E-state index >= 15 is 0 Å². The van der Waals surface area contributed by atoms with Crippen molar-refractivity contribution >= 4 is 23.6 Å². The van der Waals surface area contributed by atoms with Crippen LogP contribution in [0.25, 0.3) is 0 Å². The number of halogens is 3. The number of alkyl halides is 1. The summed E-state index contributed by atoms with van der Waals surface area (Å²) < 4.78 is 16.0. The van der Waals surface area contributed by atoms with Crippen LogP contribution in [-0.4, -0.2) is 47.8 Å². The molecule has 0 aromatic rings. The van der Waals surface area contributed by atoms with Crippen molar-refractivity contribution in [3.8, 4) is 0 Å². The molecule has 0 rings (SSSR count). The molecule has 0 aromatic carbocycles. The Labute approximate surface area is 115 Å². The Balaban J connectivity index is 4.19. The topological polar surface area (TPSA) is 3.24 Å². The summed E-state index contributed by atoms with van der Waals surface area (Å²) in [5.41, 5.74) is -0.556. The molecule has 1 unspecified atom stereocenters. The lowest BCUT2D eigenvalue weighted by Gasteiger charge is -2.36. The Morgan fingerprint density at radius 2 is 1.71 bits per heavy atom. The van der Waals surface area contributed by atoms with Crippen LogP contribution in [0.3, 0.4) is 0 Å². The van der Waals surface area contributed by atoms with Gasteiger partial charge in [0.2, 0.25) is 0 Å². The van der Waals surface area contributed by atoms with Gasteiger partial charge in [-0.1, -0.05) is 6.92 Å². The second-order valence-electron chi connectivity index (χ2n) is 6.35. The van der Waals surface area contributed by atoms with E-state index in [-0.39, 0.29) is 5.92 Å². The van der Waals surface area contributed by atoms with Crippen LogP contribution in [0.5, 0.6) is 0 Å². The van der Waals surface area contributed by atoms with E-state index in [1.807, 2.05) is 20.8 Å². The average Bonchev–Trinajstić information content (AvgIpc) is 2.13. The van der Waals surface area contributed by atoms with Crippen molar-refractivity contribution < 1.29 is 8.87 Å². The first-order valence-corrected chi connectivity index (χ1v) is 6.72. The van der Waals surface area contributed by atoms with E-state index < -0.39 is 11.7 Å². The van der Waals surface area contributed by atoms with Gasteiger partial charge in [-0.15, -0.1) is 3.94 Å². The van der Waals surface area contributed by atoms with E-state index in [0.29, 0.717) is 6.42 Å². The van der Waals surface area contributed by atoms with Gasteiger partial charge in [-0.05, 0) is 50.2 Å². The summed E-state index contributed by atoms with van der Waals surface area (Å²) in [6, 6.07) is 0. The number of nitrogens with zero attached hydrogens (tertiary/aromatic N) is 2. The van der Waals surface area contributed by atoms with Crippen LogP contribution in [0.1, 0.15) is 33.6 Å². The average molecular weight is 288 g/mol. The normalized spacial score (nSPS) is 17.3. The molecule has 0 bridgehead atoms. The molecule has 0 amide bonds. The lowest BCUT2D eigenvalue weighted by molar-refractivity contribution is -0.870. The zero-order valence-electron chi connectivity index (χ0n) is 11.8. The first-order chi connectivity index (χ1) is 7.48. The molecule has 2 atom stereocenters. The zero-order chi connectivity index (χ0) is 13.9. The Kier molecular flexibility index (Phi) is 6.72. The van der Waals surface area contributed by atoms with Crippen LogP contribution < -0.4 is 0 Å². The van der Waals surface area contributed by atoms with E-state index in [1.54, 1.807) is 0 Å². The van der Waals surface area contributed by atoms with Crippen molar-refractivity contribution in [1.29, 1.82) is 0 Å². The molecule has 0 fully saturated rings. The van der Waals surface area contributed by atoms with Gasteiger partial charge in [-0.25, -0.2) is 4.39 Å². The van der Waals surface area contributed by atoms with E-state index in [0.717, 1.165) is 21.4 Å². The number of hydrogen-bond acceptors (Lipinski definition) is 1. The fraction of sp³-hybridized carbons (Fsp3) is 1.00. The molecule has 0 aromatic heterocycles. The molecule has 0 N–H and O–H groups in total. The van der Waals surface area contributed by atoms with Crippen molar-refractivity contribution in [3.05, 3.63) is 0 Å². The molecule has 0 aliphatic heterocycles. The third kappa shape index (κ3) is 6.23.